The summed E-state index contributed by atoms with van der Waals surface area (Å²) in [5, 5.41) is 11.6. The second-order valence-electron chi connectivity index (χ2n) is 6.87. The molecule has 26 heavy (non-hydrogen) atoms. The van der Waals surface area contributed by atoms with E-state index in [0.29, 0.717) is 17.7 Å². The van der Waals surface area contributed by atoms with E-state index in [1.165, 1.54) is 17.7 Å². The van der Waals surface area contributed by atoms with Gasteiger partial charge < -0.3 is 10.1 Å². The molecule has 0 unspecified atom stereocenters. The van der Waals surface area contributed by atoms with Gasteiger partial charge in [0.1, 0.15) is 17.9 Å². The number of nitrogens with zero attached hydrogens (tertiary/aromatic N) is 2. The van der Waals surface area contributed by atoms with E-state index in [2.05, 4.69) is 12.2 Å². The molecule has 6 heteroatoms. The molecule has 0 bridgehead atoms. The molecule has 0 radical (unpaired) electrons. The number of imide groups is 1. The Labute approximate surface area is 155 Å². The highest BCUT2D eigenvalue weighted by Gasteiger charge is 2.46. The summed E-state index contributed by atoms with van der Waals surface area (Å²) in [7, 11) is 0. The van der Waals surface area contributed by atoms with E-state index in [0.717, 1.165) is 19.3 Å². The molecule has 6 nitrogen and oxygen atoms in total. The zero-order valence-corrected chi connectivity index (χ0v) is 15.6. The number of nitrogens with one attached hydrogen (secondary N) is 1. The summed E-state index contributed by atoms with van der Waals surface area (Å²) in [4.78, 5) is 26.0. The summed E-state index contributed by atoms with van der Waals surface area (Å²) in [6.45, 7) is 4.39. The van der Waals surface area contributed by atoms with E-state index >= 15 is 0 Å². The average Bonchev–Trinajstić information content (AvgIpc) is 2.85. The second-order valence-corrected chi connectivity index (χ2v) is 6.87. The summed E-state index contributed by atoms with van der Waals surface area (Å²) >= 11 is 0. The Hall–Kier alpha value is -2.55. The topological polar surface area (TPSA) is 82.4 Å². The van der Waals surface area contributed by atoms with Crippen LogP contribution in [0.3, 0.4) is 0 Å². The number of ether oxygens (including phenoxy) is 1. The van der Waals surface area contributed by atoms with Crippen molar-refractivity contribution in [3.63, 3.8) is 0 Å². The van der Waals surface area contributed by atoms with Crippen LogP contribution in [-0.4, -0.2) is 35.5 Å². The zero-order chi connectivity index (χ0) is 19.0. The van der Waals surface area contributed by atoms with Crippen molar-refractivity contribution in [1.82, 2.24) is 10.2 Å². The number of urea groups is 1. The lowest BCUT2D eigenvalue weighted by Crippen LogP contribution is -2.44. The van der Waals surface area contributed by atoms with Crippen LogP contribution in [0.5, 0.6) is 5.75 Å². The molecule has 0 spiro atoms. The van der Waals surface area contributed by atoms with Gasteiger partial charge in [-0.05, 0) is 37.6 Å². The Balaban J connectivity index is 1.81. The van der Waals surface area contributed by atoms with E-state index in [9.17, 15) is 9.59 Å². The van der Waals surface area contributed by atoms with Gasteiger partial charge in [0, 0.05) is 0 Å². The fourth-order valence-electron chi connectivity index (χ4n) is 3.08. The summed E-state index contributed by atoms with van der Waals surface area (Å²) in [6.07, 6.45) is 6.22. The van der Waals surface area contributed by atoms with Gasteiger partial charge in [0.05, 0.1) is 18.2 Å². The number of carbonyl (C=O) groups excluding carboxylic acids is 2. The third-order valence-electron chi connectivity index (χ3n) is 4.69. The van der Waals surface area contributed by atoms with Crippen molar-refractivity contribution in [3.05, 3.63) is 29.8 Å². The van der Waals surface area contributed by atoms with E-state index in [1.807, 2.05) is 6.07 Å². The van der Waals surface area contributed by atoms with E-state index in [-0.39, 0.29) is 25.1 Å². The summed E-state index contributed by atoms with van der Waals surface area (Å²) in [5.74, 6) is 0.427. The lowest BCUT2D eigenvalue weighted by atomic mass is 9.94. The van der Waals surface area contributed by atoms with Crippen LogP contribution in [0.4, 0.5) is 4.79 Å². The molecule has 1 aromatic rings. The highest BCUT2D eigenvalue weighted by Crippen LogP contribution is 2.24. The molecule has 1 fully saturated rings. The van der Waals surface area contributed by atoms with Crippen LogP contribution in [0.15, 0.2) is 24.3 Å². The lowest BCUT2D eigenvalue weighted by molar-refractivity contribution is -0.131. The fraction of sp³-hybridized carbons (Fsp3) is 0.550. The Bertz CT molecular complexity index is 666. The molecule has 1 aromatic carbocycles. The maximum atomic E-state index is 12.6. The van der Waals surface area contributed by atoms with Crippen LogP contribution in [-0.2, 0) is 4.79 Å². The molecule has 3 amide bonds. The summed E-state index contributed by atoms with van der Waals surface area (Å²) in [5.41, 5.74) is -0.251. The molecule has 2 rings (SSSR count). The summed E-state index contributed by atoms with van der Waals surface area (Å²) < 4.78 is 5.57. The molecular weight excluding hydrogens is 330 g/mol. The van der Waals surface area contributed by atoms with Gasteiger partial charge in [-0.2, -0.15) is 5.26 Å². The van der Waals surface area contributed by atoms with Crippen molar-refractivity contribution in [2.24, 2.45) is 0 Å². The minimum Gasteiger partial charge on any atom is -0.492 e. The van der Waals surface area contributed by atoms with Gasteiger partial charge in [0.15, 0.2) is 0 Å². The number of hydrogen-bond donors (Lipinski definition) is 1. The Morgan fingerprint density at radius 1 is 1.15 bits per heavy atom. The Morgan fingerprint density at radius 3 is 2.50 bits per heavy atom. The number of amides is 3. The van der Waals surface area contributed by atoms with Crippen molar-refractivity contribution >= 4 is 11.9 Å². The Kier molecular flexibility index (Phi) is 7.02. The molecule has 0 aliphatic carbocycles. The largest absolute Gasteiger partial charge is 0.492 e. The quantitative estimate of drug-likeness (QED) is 0.512. The highest BCUT2D eigenvalue weighted by molar-refractivity contribution is 6.06. The lowest BCUT2D eigenvalue weighted by Gasteiger charge is -2.21. The van der Waals surface area contributed by atoms with Crippen molar-refractivity contribution in [2.75, 3.05) is 13.2 Å². The van der Waals surface area contributed by atoms with Crippen LogP contribution in [0, 0.1) is 11.3 Å². The van der Waals surface area contributed by atoms with Crippen molar-refractivity contribution in [3.8, 4) is 11.8 Å². The first kappa shape index (κ1) is 19.8. The third-order valence-corrected chi connectivity index (χ3v) is 4.69. The highest BCUT2D eigenvalue weighted by atomic mass is 16.5. The normalized spacial score (nSPS) is 19.3. The predicted molar refractivity (Wildman–Crippen MR) is 98.7 cm³/mol. The van der Waals surface area contributed by atoms with Gasteiger partial charge in [-0.1, -0.05) is 39.0 Å². The van der Waals surface area contributed by atoms with Gasteiger partial charge in [0.2, 0.25) is 0 Å². The SMILES string of the molecule is CCCCCCC[C@]1(C)NC(=O)N(CCOc2ccc(C#N)cc2)C1=O. The first-order chi connectivity index (χ1) is 12.5. The molecule has 1 N–H and O–H groups in total. The molecule has 1 aliphatic heterocycles. The first-order valence-electron chi connectivity index (χ1n) is 9.27. The average molecular weight is 357 g/mol. The van der Waals surface area contributed by atoms with E-state index in [1.54, 1.807) is 31.2 Å². The fourth-order valence-corrected chi connectivity index (χ4v) is 3.08. The number of nitriles is 1. The van der Waals surface area contributed by atoms with Crippen molar-refractivity contribution in [1.29, 1.82) is 5.26 Å². The number of carbonyl (C=O) groups is 2. The van der Waals surface area contributed by atoms with Gasteiger partial charge in [0.25, 0.3) is 5.91 Å². The maximum Gasteiger partial charge on any atom is 0.325 e. The summed E-state index contributed by atoms with van der Waals surface area (Å²) in [6, 6.07) is 8.42. The molecule has 1 aliphatic rings. The van der Waals surface area contributed by atoms with Gasteiger partial charge in [-0.3, -0.25) is 9.69 Å². The minimum atomic E-state index is -0.808. The van der Waals surface area contributed by atoms with Crippen LogP contribution in [0.1, 0.15) is 57.9 Å². The molecule has 0 aromatic heterocycles. The monoisotopic (exact) mass is 357 g/mol. The third kappa shape index (κ3) is 4.98. The van der Waals surface area contributed by atoms with E-state index in [4.69, 9.17) is 10.00 Å². The standard InChI is InChI=1S/C20H27N3O3/c1-3-4-5-6-7-12-20(2)18(24)23(19(25)22-20)13-14-26-17-10-8-16(15-21)9-11-17/h8-11H,3-7,12-14H2,1-2H3,(H,22,25)/t20-/m0/s1. The zero-order valence-electron chi connectivity index (χ0n) is 15.6. The predicted octanol–water partition coefficient (Wildman–Crippen LogP) is 3.61. The molecule has 1 heterocycles. The second kappa shape index (κ2) is 9.23. The van der Waals surface area contributed by atoms with Crippen LogP contribution in [0.25, 0.3) is 0 Å². The Morgan fingerprint density at radius 2 is 1.85 bits per heavy atom. The van der Waals surface area contributed by atoms with Crippen LogP contribution < -0.4 is 10.1 Å². The van der Waals surface area contributed by atoms with E-state index < -0.39 is 5.54 Å². The van der Waals surface area contributed by atoms with Gasteiger partial charge >= 0.3 is 6.03 Å². The smallest absolute Gasteiger partial charge is 0.325 e. The molecular formula is C20H27N3O3. The molecule has 0 saturated carbocycles. The molecule has 1 atom stereocenters. The number of rotatable bonds is 10. The molecule has 1 saturated heterocycles. The maximum absolute atomic E-state index is 12.6. The van der Waals surface area contributed by atoms with Crippen LogP contribution in [0.2, 0.25) is 0 Å². The van der Waals surface area contributed by atoms with Crippen molar-refractivity contribution in [2.45, 2.75) is 57.9 Å². The van der Waals surface area contributed by atoms with Crippen molar-refractivity contribution < 1.29 is 14.3 Å². The number of unbranched alkanes of at least 4 members (excludes halogenated alkanes) is 4. The minimum absolute atomic E-state index is 0.179. The number of hydrogen-bond acceptors (Lipinski definition) is 4. The van der Waals surface area contributed by atoms with Gasteiger partial charge in [-0.15, -0.1) is 0 Å². The van der Waals surface area contributed by atoms with Gasteiger partial charge in [-0.25, -0.2) is 4.79 Å². The molecule has 140 valence electrons. The van der Waals surface area contributed by atoms with Crippen LogP contribution >= 0.6 is 0 Å². The first-order valence-corrected chi connectivity index (χ1v) is 9.27. The number of benzene rings is 1.